The first-order valence-corrected chi connectivity index (χ1v) is 9.52. The number of carbonyl (C=O) groups is 1. The van der Waals surface area contributed by atoms with Gasteiger partial charge in [0.25, 0.3) is 5.91 Å². The van der Waals surface area contributed by atoms with E-state index in [0.29, 0.717) is 17.2 Å². The fourth-order valence-electron chi connectivity index (χ4n) is 3.93. The van der Waals surface area contributed by atoms with E-state index in [2.05, 4.69) is 5.32 Å². The monoisotopic (exact) mass is 409 g/mol. The van der Waals surface area contributed by atoms with Crippen molar-refractivity contribution >= 4 is 11.6 Å². The number of hydrogen-bond donors (Lipinski definition) is 1. The van der Waals surface area contributed by atoms with Gasteiger partial charge in [0.2, 0.25) is 0 Å². The Labute approximate surface area is 169 Å². The number of benzene rings is 1. The smallest absolute Gasteiger partial charge is 0.256 e. The molecule has 9 nitrogen and oxygen atoms in total. The molecule has 3 fully saturated rings. The molecule has 0 aliphatic carbocycles. The third-order valence-corrected chi connectivity index (χ3v) is 5.08. The average molecular weight is 409 g/mol. The molecule has 0 aromatic heterocycles. The van der Waals surface area contributed by atoms with Gasteiger partial charge < -0.3 is 38.5 Å². The van der Waals surface area contributed by atoms with E-state index < -0.39 is 48.2 Å². The number of carbonyl (C=O) groups excluding carboxylic acids is 1. The van der Waals surface area contributed by atoms with Crippen LogP contribution in [0.2, 0.25) is 0 Å². The molecule has 3 aliphatic heterocycles. The normalized spacial score (nSPS) is 34.2. The van der Waals surface area contributed by atoms with E-state index in [0.717, 1.165) is 0 Å². The zero-order valence-corrected chi connectivity index (χ0v) is 17.4. The number of hydrogen-bond acceptors (Lipinski definition) is 8. The molecule has 1 aromatic carbocycles. The van der Waals surface area contributed by atoms with Gasteiger partial charge in [0, 0.05) is 6.07 Å². The van der Waals surface area contributed by atoms with Gasteiger partial charge in [0.05, 0.1) is 19.9 Å². The molecule has 0 bridgehead atoms. The van der Waals surface area contributed by atoms with Crippen molar-refractivity contribution in [3.05, 3.63) is 18.2 Å². The Kier molecular flexibility index (Phi) is 4.99. The van der Waals surface area contributed by atoms with Crippen LogP contribution in [0.4, 0.5) is 5.69 Å². The topological polar surface area (TPSA) is 93.7 Å². The molecule has 3 saturated heterocycles. The minimum Gasteiger partial charge on any atom is -0.497 e. The molecule has 3 heterocycles. The summed E-state index contributed by atoms with van der Waals surface area (Å²) in [5.41, 5.74) is 0.489. The molecule has 1 N–H and O–H groups in total. The summed E-state index contributed by atoms with van der Waals surface area (Å²) in [6.07, 6.45) is -3.33. The molecule has 29 heavy (non-hydrogen) atoms. The Bertz CT molecular complexity index is 795. The highest BCUT2D eigenvalue weighted by molar-refractivity contribution is 5.96. The molecule has 160 valence electrons. The third kappa shape index (κ3) is 3.80. The second kappa shape index (κ2) is 7.10. The molecule has 0 spiro atoms. The van der Waals surface area contributed by atoms with Crippen LogP contribution in [0.5, 0.6) is 11.5 Å². The van der Waals surface area contributed by atoms with Crippen LogP contribution >= 0.6 is 0 Å². The maximum atomic E-state index is 13.1. The Morgan fingerprint density at radius 3 is 2.28 bits per heavy atom. The average Bonchev–Trinajstić information content (AvgIpc) is 3.14. The number of fused-ring (bicyclic) bond motifs is 3. The van der Waals surface area contributed by atoms with E-state index in [9.17, 15) is 4.79 Å². The minimum atomic E-state index is -0.952. The maximum absolute atomic E-state index is 13.1. The van der Waals surface area contributed by atoms with E-state index in [1.807, 2.05) is 0 Å². The fourth-order valence-corrected chi connectivity index (χ4v) is 3.93. The summed E-state index contributed by atoms with van der Waals surface area (Å²) in [5.74, 6) is -1.03. The Morgan fingerprint density at radius 2 is 1.59 bits per heavy atom. The lowest BCUT2D eigenvalue weighted by Gasteiger charge is -2.36. The van der Waals surface area contributed by atoms with Crippen molar-refractivity contribution < 1.29 is 38.0 Å². The second-order valence-corrected chi connectivity index (χ2v) is 8.15. The highest BCUT2D eigenvalue weighted by atomic mass is 16.9. The Hall–Kier alpha value is -1.91. The van der Waals surface area contributed by atoms with Gasteiger partial charge in [-0.05, 0) is 39.8 Å². The number of nitrogens with one attached hydrogen (secondary N) is 1. The van der Waals surface area contributed by atoms with Crippen molar-refractivity contribution in [3.8, 4) is 11.5 Å². The van der Waals surface area contributed by atoms with Crippen LogP contribution in [-0.2, 0) is 28.5 Å². The van der Waals surface area contributed by atoms with Gasteiger partial charge in [0.15, 0.2) is 24.0 Å². The SMILES string of the molecule is COc1ccc(NC(=O)[C@@H]2O[C@H]3OC(C)(C)O[C@@H]3[C@H]3OC(C)(C)O[C@H]32)c(OC)c1. The molecule has 0 saturated carbocycles. The quantitative estimate of drug-likeness (QED) is 0.808. The summed E-state index contributed by atoms with van der Waals surface area (Å²) >= 11 is 0. The number of amides is 1. The van der Waals surface area contributed by atoms with Crippen molar-refractivity contribution in [1.29, 1.82) is 0 Å². The van der Waals surface area contributed by atoms with Crippen molar-refractivity contribution in [3.63, 3.8) is 0 Å². The fraction of sp³-hybridized carbons (Fsp3) is 0.650. The molecule has 4 rings (SSSR count). The van der Waals surface area contributed by atoms with Crippen LogP contribution in [0.3, 0.4) is 0 Å². The van der Waals surface area contributed by atoms with Gasteiger partial charge in [-0.15, -0.1) is 0 Å². The molecule has 9 heteroatoms. The summed E-state index contributed by atoms with van der Waals surface area (Å²) in [7, 11) is 3.08. The minimum absolute atomic E-state index is 0.392. The summed E-state index contributed by atoms with van der Waals surface area (Å²) in [6.45, 7) is 7.18. The first kappa shape index (κ1) is 20.4. The lowest BCUT2D eigenvalue weighted by atomic mass is 9.98. The molecule has 0 unspecified atom stereocenters. The number of anilines is 1. The molecule has 5 atom stereocenters. The predicted octanol–water partition coefficient (Wildman–Crippen LogP) is 2.04. The van der Waals surface area contributed by atoms with Crippen molar-refractivity contribution in [2.24, 2.45) is 0 Å². The number of ether oxygens (including phenoxy) is 7. The first-order valence-electron chi connectivity index (χ1n) is 9.52. The molecule has 3 aliphatic rings. The highest BCUT2D eigenvalue weighted by Crippen LogP contribution is 2.44. The van der Waals surface area contributed by atoms with Gasteiger partial charge >= 0.3 is 0 Å². The van der Waals surface area contributed by atoms with Gasteiger partial charge in [-0.3, -0.25) is 4.79 Å². The van der Waals surface area contributed by atoms with Crippen molar-refractivity contribution in [1.82, 2.24) is 0 Å². The van der Waals surface area contributed by atoms with Gasteiger partial charge in [0.1, 0.15) is 29.8 Å². The van der Waals surface area contributed by atoms with E-state index >= 15 is 0 Å². The zero-order valence-electron chi connectivity index (χ0n) is 17.4. The standard InChI is InChI=1S/C20H27NO8/c1-19(2)26-13-14(27-19)16-18(29-20(3,4)28-16)25-15(13)17(22)21-11-8-7-10(23-5)9-12(11)24-6/h7-9,13-16,18H,1-6H3,(H,21,22)/t13-,14+,15-,16-,18+/m1/s1. The van der Waals surface area contributed by atoms with Crippen molar-refractivity contribution in [2.75, 3.05) is 19.5 Å². The van der Waals surface area contributed by atoms with Crippen molar-refractivity contribution in [2.45, 2.75) is 70.0 Å². The van der Waals surface area contributed by atoms with Crippen LogP contribution in [0.15, 0.2) is 18.2 Å². The molecule has 1 amide bonds. The maximum Gasteiger partial charge on any atom is 0.256 e. The van der Waals surface area contributed by atoms with Gasteiger partial charge in [-0.2, -0.15) is 0 Å². The number of methoxy groups -OCH3 is 2. The van der Waals surface area contributed by atoms with Crippen LogP contribution in [0, 0.1) is 0 Å². The molecule has 1 aromatic rings. The molecular weight excluding hydrogens is 382 g/mol. The number of rotatable bonds is 4. The Balaban J connectivity index is 1.58. The van der Waals surface area contributed by atoms with E-state index in [-0.39, 0.29) is 0 Å². The Morgan fingerprint density at radius 1 is 0.931 bits per heavy atom. The summed E-state index contributed by atoms with van der Waals surface area (Å²) in [4.78, 5) is 13.1. The van der Waals surface area contributed by atoms with Gasteiger partial charge in [-0.25, -0.2) is 0 Å². The lowest BCUT2D eigenvalue weighted by Crippen LogP contribution is -2.58. The van der Waals surface area contributed by atoms with Gasteiger partial charge in [-0.1, -0.05) is 0 Å². The summed E-state index contributed by atoms with van der Waals surface area (Å²) in [5, 5.41) is 2.85. The lowest BCUT2D eigenvalue weighted by molar-refractivity contribution is -0.229. The third-order valence-electron chi connectivity index (χ3n) is 5.08. The first-order chi connectivity index (χ1) is 13.6. The predicted molar refractivity (Wildman–Crippen MR) is 101 cm³/mol. The van der Waals surface area contributed by atoms with Crippen LogP contribution in [-0.4, -0.2) is 62.4 Å². The van der Waals surface area contributed by atoms with E-state index in [4.69, 9.17) is 33.2 Å². The van der Waals surface area contributed by atoms with E-state index in [1.165, 1.54) is 7.11 Å². The largest absolute Gasteiger partial charge is 0.497 e. The molecule has 0 radical (unpaired) electrons. The highest BCUT2D eigenvalue weighted by Gasteiger charge is 2.62. The summed E-state index contributed by atoms with van der Waals surface area (Å²) < 4.78 is 40.3. The molecular formula is C20H27NO8. The van der Waals surface area contributed by atoms with E-state index in [1.54, 1.807) is 53.0 Å². The van der Waals surface area contributed by atoms with Crippen LogP contribution < -0.4 is 14.8 Å². The van der Waals surface area contributed by atoms with Crippen LogP contribution in [0.1, 0.15) is 27.7 Å². The zero-order chi connectivity index (χ0) is 21.0. The van der Waals surface area contributed by atoms with Crippen LogP contribution in [0.25, 0.3) is 0 Å². The second-order valence-electron chi connectivity index (χ2n) is 8.15. The summed E-state index contributed by atoms with van der Waals surface area (Å²) in [6, 6.07) is 5.12.